The van der Waals surface area contributed by atoms with Crippen LogP contribution in [-0.4, -0.2) is 23.0 Å². The molecular formula is C45H46FIrN3SSi-2. The topological polar surface area (TPSA) is 38.7 Å². The summed E-state index contributed by atoms with van der Waals surface area (Å²) in [5.74, 6) is -0.116. The van der Waals surface area contributed by atoms with E-state index in [0.29, 0.717) is 11.6 Å². The summed E-state index contributed by atoms with van der Waals surface area (Å²) in [5.41, 5.74) is 9.84. The number of hydrogen-bond acceptors (Lipinski definition) is 4. The Labute approximate surface area is 335 Å². The predicted molar refractivity (Wildman–Crippen MR) is 218 cm³/mol. The second-order valence-electron chi connectivity index (χ2n) is 14.6. The normalized spacial score (nSPS) is 13.7. The Bertz CT molecular complexity index is 2590. The van der Waals surface area contributed by atoms with Gasteiger partial charge in [0.2, 0.25) is 0 Å². The van der Waals surface area contributed by atoms with Crippen LogP contribution >= 0.6 is 11.3 Å². The molecule has 3 aromatic carbocycles. The van der Waals surface area contributed by atoms with Crippen LogP contribution in [-0.2, 0) is 26.5 Å². The number of rotatable bonds is 6. The Morgan fingerprint density at radius 1 is 0.846 bits per heavy atom. The minimum absolute atomic E-state index is 0. The molecule has 0 spiro atoms. The van der Waals surface area contributed by atoms with Crippen molar-refractivity contribution in [3.63, 3.8) is 0 Å². The Balaban J connectivity index is 0.000000224. The standard InChI is InChI=1S/C26H21N2S.C19H25FNSi.Ir/c1-15-12-16(2)24(17(3)13-15)19-10-11-27-23(14-19)22-7-5-6-20-21-9-8-18(4)28-26(21)29-25(20)22;1-13(2)9-15-11-18(21-12-19(15)22(4,5)6)16-8-7-14(3)10-17(16)20;/h5-6,8-14H,1-4H3;7,10-13H,9H2,1-6H3;/q2*-1;/i4D3;3D3;. The first-order valence-electron chi connectivity index (χ1n) is 20.1. The van der Waals surface area contributed by atoms with Crippen LogP contribution in [0.15, 0.2) is 79.1 Å². The summed E-state index contributed by atoms with van der Waals surface area (Å²) in [4.78, 5) is 14.3. The fraction of sp³-hybridized carbons (Fsp3) is 0.267. The molecule has 4 aromatic heterocycles. The van der Waals surface area contributed by atoms with E-state index >= 15 is 0 Å². The van der Waals surface area contributed by atoms with Crippen molar-refractivity contribution in [3.8, 4) is 33.6 Å². The monoisotopic (exact) mass is 906 g/mol. The van der Waals surface area contributed by atoms with Gasteiger partial charge in [-0.15, -0.1) is 47.5 Å². The van der Waals surface area contributed by atoms with E-state index in [1.165, 1.54) is 50.4 Å². The van der Waals surface area contributed by atoms with Crippen LogP contribution in [0, 0.1) is 58.3 Å². The number of halogens is 1. The van der Waals surface area contributed by atoms with Crippen molar-refractivity contribution in [1.82, 2.24) is 15.0 Å². The molecule has 7 rings (SSSR count). The summed E-state index contributed by atoms with van der Waals surface area (Å²) >= 11 is 1.49. The van der Waals surface area contributed by atoms with Gasteiger partial charge >= 0.3 is 0 Å². The smallest absolute Gasteiger partial charge is 0.113 e. The van der Waals surface area contributed by atoms with E-state index in [2.05, 4.69) is 99.5 Å². The average Bonchev–Trinajstić information content (AvgIpc) is 3.48. The number of hydrogen-bond donors (Lipinski definition) is 0. The van der Waals surface area contributed by atoms with E-state index in [1.54, 1.807) is 6.07 Å². The van der Waals surface area contributed by atoms with Crippen molar-refractivity contribution >= 4 is 44.9 Å². The van der Waals surface area contributed by atoms with E-state index in [1.807, 2.05) is 42.7 Å². The number of nitrogens with zero attached hydrogens (tertiary/aromatic N) is 3. The average molecular weight is 906 g/mol. The molecule has 0 amide bonds. The molecule has 7 aromatic rings. The van der Waals surface area contributed by atoms with Crippen molar-refractivity contribution in [2.75, 3.05) is 0 Å². The van der Waals surface area contributed by atoms with Gasteiger partial charge in [0.25, 0.3) is 0 Å². The van der Waals surface area contributed by atoms with E-state index < -0.39 is 27.6 Å². The largest absolute Gasteiger partial charge is 0.305 e. The Kier molecular flexibility index (Phi) is 9.74. The van der Waals surface area contributed by atoms with Gasteiger partial charge in [-0.05, 0) is 101 Å². The molecule has 0 saturated carbocycles. The van der Waals surface area contributed by atoms with E-state index in [0.717, 1.165) is 49.6 Å². The van der Waals surface area contributed by atoms with Crippen LogP contribution in [0.2, 0.25) is 19.6 Å². The summed E-state index contributed by atoms with van der Waals surface area (Å²) in [6.45, 7) is 13.0. The quantitative estimate of drug-likeness (QED) is 0.123. The van der Waals surface area contributed by atoms with Gasteiger partial charge in [0.05, 0.1) is 8.07 Å². The fourth-order valence-corrected chi connectivity index (χ4v) is 9.52. The van der Waals surface area contributed by atoms with Crippen LogP contribution in [0.1, 0.15) is 55.6 Å². The van der Waals surface area contributed by atoms with Crippen molar-refractivity contribution in [1.29, 1.82) is 0 Å². The molecule has 0 N–H and O–H groups in total. The van der Waals surface area contributed by atoms with Crippen molar-refractivity contribution in [2.45, 2.75) is 74.4 Å². The van der Waals surface area contributed by atoms with Gasteiger partial charge in [0.1, 0.15) is 4.83 Å². The molecular weight excluding hydrogens is 854 g/mol. The molecule has 0 aliphatic carbocycles. The first-order chi connectivity index (χ1) is 26.6. The third kappa shape index (κ3) is 8.50. The van der Waals surface area contributed by atoms with E-state index in [9.17, 15) is 4.39 Å². The number of pyridine rings is 3. The first kappa shape index (κ1) is 31.6. The SMILES string of the molecule is [2H]C([2H])([2H])c1c[c-]c(-c2cc(CC(C)C)c([Si](C)(C)C)cn2)c(F)c1.[2H]C([2H])([2H])c1ccc2c(n1)sc1c(-c3cc(-c4c(C)cc(C)cc4C)ccn3)[c-]ccc12.[Ir]. The Morgan fingerprint density at radius 3 is 2.27 bits per heavy atom. The molecule has 3 nitrogen and oxygen atoms in total. The van der Waals surface area contributed by atoms with Gasteiger partial charge in [0.15, 0.2) is 0 Å². The minimum atomic E-state index is -2.34. The molecule has 7 heteroatoms. The molecule has 0 aliphatic rings. The van der Waals surface area contributed by atoms with Crippen molar-refractivity contribution in [3.05, 3.63) is 131 Å². The maximum Gasteiger partial charge on any atom is 0.113 e. The fourth-order valence-electron chi connectivity index (χ4n) is 6.75. The van der Waals surface area contributed by atoms with Crippen LogP contribution < -0.4 is 5.19 Å². The summed E-state index contributed by atoms with van der Waals surface area (Å²) in [6, 6.07) is 26.4. The zero-order valence-corrected chi connectivity index (χ0v) is 35.0. The van der Waals surface area contributed by atoms with Crippen LogP contribution in [0.25, 0.3) is 53.9 Å². The van der Waals surface area contributed by atoms with Crippen LogP contribution in [0.5, 0.6) is 0 Å². The molecule has 0 aliphatic heterocycles. The third-order valence-corrected chi connectivity index (χ3v) is 12.1. The summed E-state index contributed by atoms with van der Waals surface area (Å²) < 4.78 is 60.7. The molecule has 0 unspecified atom stereocenters. The second kappa shape index (κ2) is 16.0. The Hall–Kier alpha value is -3.87. The van der Waals surface area contributed by atoms with Gasteiger partial charge in [-0.1, -0.05) is 92.7 Å². The minimum Gasteiger partial charge on any atom is -0.305 e. The molecule has 0 fully saturated rings. The molecule has 4 heterocycles. The van der Waals surface area contributed by atoms with Gasteiger partial charge in [-0.2, -0.15) is 11.3 Å². The summed E-state index contributed by atoms with van der Waals surface area (Å²) in [5, 5.41) is 3.28. The molecule has 0 saturated heterocycles. The molecule has 1 radical (unpaired) electrons. The third-order valence-electron chi connectivity index (χ3n) is 8.86. The van der Waals surface area contributed by atoms with Gasteiger partial charge in [0, 0.05) is 52.2 Å². The maximum atomic E-state index is 14.5. The zero-order chi connectivity index (χ0) is 41.6. The first-order valence-corrected chi connectivity index (χ1v) is 21.4. The number of aryl methyl sites for hydroxylation is 5. The molecule has 0 bridgehead atoms. The molecule has 0 atom stereocenters. The van der Waals surface area contributed by atoms with Crippen molar-refractivity contribution < 1.29 is 32.7 Å². The maximum absolute atomic E-state index is 14.5. The number of aromatic nitrogens is 3. The van der Waals surface area contributed by atoms with Crippen molar-refractivity contribution in [2.24, 2.45) is 5.92 Å². The summed E-state index contributed by atoms with van der Waals surface area (Å²) in [7, 11) is -1.56. The van der Waals surface area contributed by atoms with Gasteiger partial charge in [-0.25, -0.2) is 4.98 Å². The second-order valence-corrected chi connectivity index (χ2v) is 20.7. The van der Waals surface area contributed by atoms with E-state index in [-0.39, 0.29) is 36.9 Å². The summed E-state index contributed by atoms with van der Waals surface area (Å²) in [6.07, 6.45) is 4.61. The predicted octanol–water partition coefficient (Wildman–Crippen LogP) is 11.9. The van der Waals surface area contributed by atoms with Gasteiger partial charge < -0.3 is 9.97 Å². The van der Waals surface area contributed by atoms with E-state index in [4.69, 9.17) is 8.22 Å². The van der Waals surface area contributed by atoms with Crippen LogP contribution in [0.4, 0.5) is 4.39 Å². The Morgan fingerprint density at radius 2 is 1.60 bits per heavy atom. The molecule has 52 heavy (non-hydrogen) atoms. The number of thiophene rings is 1. The number of fused-ring (bicyclic) bond motifs is 3. The zero-order valence-electron chi connectivity index (χ0n) is 36.8. The molecule has 269 valence electrons. The van der Waals surface area contributed by atoms with Gasteiger partial charge in [-0.3, -0.25) is 4.39 Å². The van der Waals surface area contributed by atoms with Crippen LogP contribution in [0.3, 0.4) is 0 Å². The number of benzene rings is 3.